The van der Waals surface area contributed by atoms with Crippen molar-refractivity contribution in [2.24, 2.45) is 5.41 Å². The van der Waals surface area contributed by atoms with E-state index in [-0.39, 0.29) is 17.3 Å². The van der Waals surface area contributed by atoms with Gasteiger partial charge in [-0.3, -0.25) is 9.80 Å². The number of aliphatic hydroxyl groups excluding tert-OH is 1. The lowest BCUT2D eigenvalue weighted by Crippen LogP contribution is -2.50. The van der Waals surface area contributed by atoms with E-state index in [9.17, 15) is 9.50 Å². The zero-order valence-electron chi connectivity index (χ0n) is 14.5. The molecule has 1 aliphatic rings. The van der Waals surface area contributed by atoms with Crippen molar-refractivity contribution in [1.82, 2.24) is 9.80 Å². The van der Waals surface area contributed by atoms with Crippen molar-refractivity contribution >= 4 is 0 Å². The van der Waals surface area contributed by atoms with E-state index in [1.165, 1.54) is 6.07 Å². The number of β-amino-alcohol motifs (C(OH)–C–C–N with tert-alkyl or cyclic N) is 1. The molecule has 0 bridgehead atoms. The second-order valence-electron chi connectivity index (χ2n) is 7.30. The van der Waals surface area contributed by atoms with E-state index in [1.807, 2.05) is 0 Å². The van der Waals surface area contributed by atoms with Crippen molar-refractivity contribution in [1.29, 1.82) is 0 Å². The van der Waals surface area contributed by atoms with Gasteiger partial charge in [-0.1, -0.05) is 32.9 Å². The van der Waals surface area contributed by atoms with E-state index in [0.717, 1.165) is 39.3 Å². The van der Waals surface area contributed by atoms with Gasteiger partial charge in [0.25, 0.3) is 0 Å². The maximum Gasteiger partial charge on any atom is 0.165 e. The molecule has 0 aliphatic carbocycles. The van der Waals surface area contributed by atoms with E-state index in [4.69, 9.17) is 4.74 Å². The van der Waals surface area contributed by atoms with E-state index in [2.05, 4.69) is 30.6 Å². The first kappa shape index (κ1) is 18.2. The summed E-state index contributed by atoms with van der Waals surface area (Å²) in [6.45, 7) is 12.0. The van der Waals surface area contributed by atoms with Crippen molar-refractivity contribution in [3.05, 3.63) is 30.1 Å². The summed E-state index contributed by atoms with van der Waals surface area (Å²) < 4.78 is 19.0. The number of para-hydroxylation sites is 1. The van der Waals surface area contributed by atoms with Crippen LogP contribution in [0.1, 0.15) is 20.8 Å². The number of nitrogens with zero attached hydrogens (tertiary/aromatic N) is 2. The van der Waals surface area contributed by atoms with Gasteiger partial charge in [-0.15, -0.1) is 0 Å². The summed E-state index contributed by atoms with van der Waals surface area (Å²) in [6, 6.07) is 6.50. The van der Waals surface area contributed by atoms with E-state index >= 15 is 0 Å². The lowest BCUT2D eigenvalue weighted by Gasteiger charge is -2.37. The maximum absolute atomic E-state index is 13.5. The number of rotatable bonds is 6. The Morgan fingerprint density at radius 3 is 2.35 bits per heavy atom. The summed E-state index contributed by atoms with van der Waals surface area (Å²) >= 11 is 0. The minimum Gasteiger partial charge on any atom is -0.489 e. The number of benzene rings is 1. The third-order valence-corrected chi connectivity index (χ3v) is 4.40. The Bertz CT molecular complexity index is 482. The standard InChI is InChI=1S/C18H29FN2O2/c1-18(2,3)17(22)14-21-10-8-20(9-11-21)12-13-23-16-7-5-4-6-15(16)19/h4-7,17,22H,8-14H2,1-3H3. The molecule has 1 aromatic carbocycles. The third-order valence-electron chi connectivity index (χ3n) is 4.40. The van der Waals surface area contributed by atoms with Crippen LogP contribution in [0, 0.1) is 11.2 Å². The van der Waals surface area contributed by atoms with Crippen LogP contribution in [0.4, 0.5) is 4.39 Å². The molecule has 1 atom stereocenters. The van der Waals surface area contributed by atoms with Gasteiger partial charge in [0.2, 0.25) is 0 Å². The van der Waals surface area contributed by atoms with Gasteiger partial charge in [0.15, 0.2) is 11.6 Å². The molecule has 5 heteroatoms. The molecule has 1 aliphatic heterocycles. The van der Waals surface area contributed by atoms with Crippen molar-refractivity contribution < 1.29 is 14.2 Å². The summed E-state index contributed by atoms with van der Waals surface area (Å²) in [7, 11) is 0. The second-order valence-corrected chi connectivity index (χ2v) is 7.30. The summed E-state index contributed by atoms with van der Waals surface area (Å²) in [5.74, 6) is 0.00734. The highest BCUT2D eigenvalue weighted by atomic mass is 19.1. The largest absolute Gasteiger partial charge is 0.489 e. The van der Waals surface area contributed by atoms with Gasteiger partial charge in [-0.2, -0.15) is 0 Å². The van der Waals surface area contributed by atoms with Gasteiger partial charge in [0.05, 0.1) is 6.10 Å². The smallest absolute Gasteiger partial charge is 0.165 e. The Labute approximate surface area is 138 Å². The van der Waals surface area contributed by atoms with E-state index in [1.54, 1.807) is 18.2 Å². The molecule has 0 amide bonds. The van der Waals surface area contributed by atoms with Crippen molar-refractivity contribution in [3.63, 3.8) is 0 Å². The Kier molecular flexibility index (Phi) is 6.39. The van der Waals surface area contributed by atoms with Crippen LogP contribution in [0.2, 0.25) is 0 Å². The van der Waals surface area contributed by atoms with Crippen LogP contribution in [0.3, 0.4) is 0 Å². The highest BCUT2D eigenvalue weighted by molar-refractivity contribution is 5.23. The third kappa shape index (κ3) is 5.75. The molecule has 1 unspecified atom stereocenters. The zero-order valence-corrected chi connectivity index (χ0v) is 14.5. The number of hydrogen-bond acceptors (Lipinski definition) is 4. The van der Waals surface area contributed by atoms with Crippen LogP contribution < -0.4 is 4.74 Å². The van der Waals surface area contributed by atoms with Gasteiger partial charge >= 0.3 is 0 Å². The molecular weight excluding hydrogens is 295 g/mol. The van der Waals surface area contributed by atoms with Crippen LogP contribution in [-0.2, 0) is 0 Å². The normalized spacial score (nSPS) is 18.8. The second kappa shape index (κ2) is 8.08. The van der Waals surface area contributed by atoms with Gasteiger partial charge in [0, 0.05) is 39.3 Å². The fourth-order valence-corrected chi connectivity index (χ4v) is 2.56. The highest BCUT2D eigenvalue weighted by Crippen LogP contribution is 2.20. The average Bonchev–Trinajstić information content (AvgIpc) is 2.50. The highest BCUT2D eigenvalue weighted by Gasteiger charge is 2.26. The minimum absolute atomic E-state index is 0.0786. The Morgan fingerprint density at radius 2 is 1.74 bits per heavy atom. The molecule has 1 fully saturated rings. The molecule has 0 radical (unpaired) electrons. The van der Waals surface area contributed by atoms with Crippen LogP contribution in [-0.4, -0.2) is 66.9 Å². The Hall–Kier alpha value is -1.17. The summed E-state index contributed by atoms with van der Waals surface area (Å²) in [6.07, 6.45) is -0.307. The molecule has 1 N–H and O–H groups in total. The fourth-order valence-electron chi connectivity index (χ4n) is 2.56. The molecule has 4 nitrogen and oxygen atoms in total. The lowest BCUT2D eigenvalue weighted by atomic mass is 9.89. The minimum atomic E-state index is -0.312. The average molecular weight is 324 g/mol. The molecule has 23 heavy (non-hydrogen) atoms. The first-order valence-electron chi connectivity index (χ1n) is 8.36. The number of hydrogen-bond donors (Lipinski definition) is 1. The molecule has 1 saturated heterocycles. The van der Waals surface area contributed by atoms with Gasteiger partial charge in [0.1, 0.15) is 6.61 Å². The van der Waals surface area contributed by atoms with Crippen LogP contribution in [0.15, 0.2) is 24.3 Å². The molecule has 1 aromatic rings. The summed E-state index contributed by atoms with van der Waals surface area (Å²) in [4.78, 5) is 4.63. The van der Waals surface area contributed by atoms with Crippen molar-refractivity contribution in [2.45, 2.75) is 26.9 Å². The van der Waals surface area contributed by atoms with E-state index < -0.39 is 0 Å². The summed E-state index contributed by atoms with van der Waals surface area (Å²) in [5, 5.41) is 10.2. The molecule has 2 rings (SSSR count). The van der Waals surface area contributed by atoms with Crippen molar-refractivity contribution in [3.8, 4) is 5.75 Å². The first-order valence-corrected chi connectivity index (χ1v) is 8.36. The van der Waals surface area contributed by atoms with Gasteiger partial charge < -0.3 is 9.84 Å². The van der Waals surface area contributed by atoms with Gasteiger partial charge in [-0.25, -0.2) is 4.39 Å². The topological polar surface area (TPSA) is 35.9 Å². The monoisotopic (exact) mass is 324 g/mol. The molecule has 1 heterocycles. The number of aliphatic hydroxyl groups is 1. The van der Waals surface area contributed by atoms with Crippen LogP contribution in [0.25, 0.3) is 0 Å². The van der Waals surface area contributed by atoms with Crippen LogP contribution in [0.5, 0.6) is 5.75 Å². The molecule has 0 spiro atoms. The lowest BCUT2D eigenvalue weighted by molar-refractivity contribution is 0.0122. The number of piperazine rings is 1. The molecular formula is C18H29FN2O2. The Morgan fingerprint density at radius 1 is 1.13 bits per heavy atom. The van der Waals surface area contributed by atoms with E-state index in [0.29, 0.717) is 12.4 Å². The molecule has 0 saturated carbocycles. The molecule has 130 valence electrons. The summed E-state index contributed by atoms with van der Waals surface area (Å²) in [5.41, 5.74) is -0.0786. The first-order chi connectivity index (χ1) is 10.9. The number of halogens is 1. The maximum atomic E-state index is 13.5. The number of ether oxygens (including phenoxy) is 1. The predicted molar refractivity (Wildman–Crippen MR) is 90.2 cm³/mol. The molecule has 0 aromatic heterocycles. The SMILES string of the molecule is CC(C)(C)C(O)CN1CCN(CCOc2ccccc2F)CC1. The zero-order chi connectivity index (χ0) is 16.9. The predicted octanol–water partition coefficient (Wildman–Crippen LogP) is 2.23. The van der Waals surface area contributed by atoms with Crippen molar-refractivity contribution in [2.75, 3.05) is 45.9 Å². The van der Waals surface area contributed by atoms with Crippen LogP contribution >= 0.6 is 0 Å². The Balaban J connectivity index is 1.66. The van der Waals surface area contributed by atoms with Gasteiger partial charge in [-0.05, 0) is 17.5 Å². The quantitative estimate of drug-likeness (QED) is 0.870. The fraction of sp³-hybridized carbons (Fsp3) is 0.667.